The summed E-state index contributed by atoms with van der Waals surface area (Å²) in [5.74, 6) is -0.449. The summed E-state index contributed by atoms with van der Waals surface area (Å²) in [5.41, 5.74) is 0. The summed E-state index contributed by atoms with van der Waals surface area (Å²) >= 11 is 0. The van der Waals surface area contributed by atoms with Crippen molar-refractivity contribution >= 4 is 5.97 Å². The van der Waals surface area contributed by atoms with Crippen LogP contribution >= 0.6 is 0 Å². The lowest BCUT2D eigenvalue weighted by molar-refractivity contribution is -0.141. The number of hydrogen-bond donors (Lipinski definition) is 2. The van der Waals surface area contributed by atoms with Crippen LogP contribution in [0, 0.1) is 11.8 Å². The minimum atomic E-state index is -0.709. The van der Waals surface area contributed by atoms with Crippen LogP contribution in [-0.2, 0) is 9.53 Å². The fraction of sp³-hybridized carbons (Fsp3) is 0.938. The van der Waals surface area contributed by atoms with Crippen LogP contribution in [0.2, 0.25) is 0 Å². The lowest BCUT2D eigenvalue weighted by atomic mass is 10.0. The minimum absolute atomic E-state index is 0.293. The number of nitrogens with one attached hydrogen (secondary N) is 1. The minimum Gasteiger partial charge on any atom is -0.481 e. The molecule has 1 atom stereocenters. The molecule has 0 fully saturated rings. The summed E-state index contributed by atoms with van der Waals surface area (Å²) in [4.78, 5) is 11.1. The highest BCUT2D eigenvalue weighted by molar-refractivity contribution is 5.70. The molecule has 0 aromatic rings. The molecule has 4 nitrogen and oxygen atoms in total. The molecule has 0 spiro atoms. The standard InChI is InChI=1S/C14H29NO3.C2H6/c1-4-5-8-18-9-6-7-13(14(16)17)11-15-10-12(2)3;1-2/h12-13,15H,4-11H2,1-3H3,(H,16,17);1-2H3. The van der Waals surface area contributed by atoms with E-state index in [4.69, 9.17) is 9.84 Å². The highest BCUT2D eigenvalue weighted by Crippen LogP contribution is 2.06. The van der Waals surface area contributed by atoms with Crippen molar-refractivity contribution in [1.82, 2.24) is 5.32 Å². The van der Waals surface area contributed by atoms with E-state index >= 15 is 0 Å². The van der Waals surface area contributed by atoms with Gasteiger partial charge in [0, 0.05) is 19.8 Å². The second kappa shape index (κ2) is 16.4. The zero-order valence-electron chi connectivity index (χ0n) is 14.1. The Labute approximate surface area is 125 Å². The van der Waals surface area contributed by atoms with E-state index in [2.05, 4.69) is 26.1 Å². The normalized spacial score (nSPS) is 11.9. The topological polar surface area (TPSA) is 58.6 Å². The van der Waals surface area contributed by atoms with Crippen LogP contribution < -0.4 is 5.32 Å². The Morgan fingerprint density at radius 2 is 1.75 bits per heavy atom. The molecule has 0 saturated carbocycles. The molecule has 0 aromatic heterocycles. The molecule has 4 heteroatoms. The zero-order chi connectivity index (χ0) is 15.8. The lowest BCUT2D eigenvalue weighted by Gasteiger charge is -2.14. The van der Waals surface area contributed by atoms with Crippen LogP contribution in [0.4, 0.5) is 0 Å². The summed E-state index contributed by atoms with van der Waals surface area (Å²) in [6.45, 7) is 13.3. The molecule has 0 aliphatic rings. The van der Waals surface area contributed by atoms with Gasteiger partial charge >= 0.3 is 5.97 Å². The van der Waals surface area contributed by atoms with Crippen LogP contribution in [0.3, 0.4) is 0 Å². The molecule has 0 heterocycles. The highest BCUT2D eigenvalue weighted by atomic mass is 16.5. The number of aliphatic carboxylic acids is 1. The molecule has 0 saturated heterocycles. The Balaban J connectivity index is 0. The van der Waals surface area contributed by atoms with E-state index in [1.54, 1.807) is 0 Å². The van der Waals surface area contributed by atoms with E-state index in [0.29, 0.717) is 25.5 Å². The van der Waals surface area contributed by atoms with E-state index in [-0.39, 0.29) is 5.92 Å². The lowest BCUT2D eigenvalue weighted by Crippen LogP contribution is -2.31. The number of carbonyl (C=O) groups is 1. The van der Waals surface area contributed by atoms with E-state index in [9.17, 15) is 4.79 Å². The van der Waals surface area contributed by atoms with Gasteiger partial charge in [-0.2, -0.15) is 0 Å². The maximum atomic E-state index is 11.1. The van der Waals surface area contributed by atoms with E-state index in [0.717, 1.165) is 32.4 Å². The van der Waals surface area contributed by atoms with Gasteiger partial charge in [-0.15, -0.1) is 0 Å². The molecule has 122 valence electrons. The molecule has 0 aliphatic heterocycles. The summed E-state index contributed by atoms with van der Waals surface area (Å²) in [6, 6.07) is 0. The summed E-state index contributed by atoms with van der Waals surface area (Å²) in [5, 5.41) is 12.3. The van der Waals surface area contributed by atoms with Crippen molar-refractivity contribution in [3.63, 3.8) is 0 Å². The van der Waals surface area contributed by atoms with Crippen LogP contribution in [-0.4, -0.2) is 37.4 Å². The third kappa shape index (κ3) is 15.4. The van der Waals surface area contributed by atoms with Gasteiger partial charge in [-0.25, -0.2) is 0 Å². The summed E-state index contributed by atoms with van der Waals surface area (Å²) in [6.07, 6.45) is 3.73. The smallest absolute Gasteiger partial charge is 0.307 e. The quantitative estimate of drug-likeness (QED) is 0.539. The number of carboxylic acids is 1. The highest BCUT2D eigenvalue weighted by Gasteiger charge is 2.16. The average molecular weight is 289 g/mol. The second-order valence-electron chi connectivity index (χ2n) is 5.20. The van der Waals surface area contributed by atoms with Gasteiger partial charge in [-0.3, -0.25) is 4.79 Å². The van der Waals surface area contributed by atoms with Gasteiger partial charge in [0.1, 0.15) is 0 Å². The Kier molecular flexibility index (Phi) is 17.8. The van der Waals surface area contributed by atoms with Crippen molar-refractivity contribution in [1.29, 1.82) is 0 Å². The monoisotopic (exact) mass is 289 g/mol. The number of unbranched alkanes of at least 4 members (excludes halogenated alkanes) is 1. The maximum absolute atomic E-state index is 11.1. The molecule has 0 rings (SSSR count). The fourth-order valence-electron chi connectivity index (χ4n) is 1.64. The molecule has 0 aliphatic carbocycles. The number of ether oxygens (including phenoxy) is 1. The van der Waals surface area contributed by atoms with Crippen LogP contribution in [0.25, 0.3) is 0 Å². The van der Waals surface area contributed by atoms with E-state index < -0.39 is 5.97 Å². The first kappa shape index (κ1) is 21.7. The van der Waals surface area contributed by atoms with Crippen molar-refractivity contribution in [2.75, 3.05) is 26.3 Å². The summed E-state index contributed by atoms with van der Waals surface area (Å²) in [7, 11) is 0. The van der Waals surface area contributed by atoms with Gasteiger partial charge in [-0.1, -0.05) is 41.0 Å². The average Bonchev–Trinajstić information content (AvgIpc) is 2.42. The van der Waals surface area contributed by atoms with Crippen molar-refractivity contribution in [3.8, 4) is 0 Å². The van der Waals surface area contributed by atoms with Gasteiger partial charge in [-0.05, 0) is 31.7 Å². The molecular formula is C16H35NO3. The number of carboxylic acid groups (broad SMARTS) is 1. The Morgan fingerprint density at radius 3 is 2.25 bits per heavy atom. The first-order valence-electron chi connectivity index (χ1n) is 8.09. The molecule has 20 heavy (non-hydrogen) atoms. The second-order valence-corrected chi connectivity index (χ2v) is 5.20. The van der Waals surface area contributed by atoms with Crippen molar-refractivity contribution < 1.29 is 14.6 Å². The van der Waals surface area contributed by atoms with Crippen LogP contribution in [0.15, 0.2) is 0 Å². The van der Waals surface area contributed by atoms with Gasteiger partial charge in [0.05, 0.1) is 5.92 Å². The molecule has 0 radical (unpaired) electrons. The molecule has 1 unspecified atom stereocenters. The predicted octanol–water partition coefficient (Wildman–Crippen LogP) is 3.56. The third-order valence-electron chi connectivity index (χ3n) is 2.78. The first-order valence-corrected chi connectivity index (χ1v) is 8.09. The first-order chi connectivity index (χ1) is 9.57. The number of hydrogen-bond acceptors (Lipinski definition) is 3. The Bertz CT molecular complexity index is 208. The number of rotatable bonds is 12. The SMILES string of the molecule is CC.CCCCOCCCC(CNCC(C)C)C(=O)O. The van der Waals surface area contributed by atoms with Gasteiger partial charge in [0.15, 0.2) is 0 Å². The zero-order valence-corrected chi connectivity index (χ0v) is 14.1. The largest absolute Gasteiger partial charge is 0.481 e. The Morgan fingerprint density at radius 1 is 1.15 bits per heavy atom. The van der Waals surface area contributed by atoms with Crippen molar-refractivity contribution in [3.05, 3.63) is 0 Å². The summed E-state index contributed by atoms with van der Waals surface area (Å²) < 4.78 is 5.43. The third-order valence-corrected chi connectivity index (χ3v) is 2.78. The molecule has 0 aromatic carbocycles. The molecular weight excluding hydrogens is 254 g/mol. The maximum Gasteiger partial charge on any atom is 0.307 e. The molecule has 0 amide bonds. The van der Waals surface area contributed by atoms with Gasteiger partial charge < -0.3 is 15.2 Å². The molecule has 0 bridgehead atoms. The van der Waals surface area contributed by atoms with Gasteiger partial charge in [0.25, 0.3) is 0 Å². The van der Waals surface area contributed by atoms with E-state index in [1.165, 1.54) is 0 Å². The fourth-order valence-corrected chi connectivity index (χ4v) is 1.64. The van der Waals surface area contributed by atoms with Crippen molar-refractivity contribution in [2.45, 2.75) is 60.3 Å². The van der Waals surface area contributed by atoms with Crippen LogP contribution in [0.5, 0.6) is 0 Å². The predicted molar refractivity (Wildman–Crippen MR) is 85.1 cm³/mol. The Hall–Kier alpha value is -0.610. The van der Waals surface area contributed by atoms with E-state index in [1.807, 2.05) is 13.8 Å². The van der Waals surface area contributed by atoms with Gasteiger partial charge in [0.2, 0.25) is 0 Å². The van der Waals surface area contributed by atoms with Crippen molar-refractivity contribution in [2.24, 2.45) is 11.8 Å². The molecule has 2 N–H and O–H groups in total. The van der Waals surface area contributed by atoms with Crippen LogP contribution in [0.1, 0.15) is 60.3 Å².